The summed E-state index contributed by atoms with van der Waals surface area (Å²) in [7, 11) is 0. The summed E-state index contributed by atoms with van der Waals surface area (Å²) in [5, 5.41) is 8.26. The monoisotopic (exact) mass is 174 g/mol. The third-order valence-electron chi connectivity index (χ3n) is 0.821. The van der Waals surface area contributed by atoms with Gasteiger partial charge in [-0.25, -0.2) is 9.59 Å². The Kier molecular flexibility index (Phi) is 3.99. The Balaban J connectivity index is 3.89. The van der Waals surface area contributed by atoms with Crippen molar-refractivity contribution in [1.82, 2.24) is 0 Å². The first kappa shape index (κ1) is 10.6. The first-order valence-corrected chi connectivity index (χ1v) is 3.25. The maximum atomic E-state index is 10.7. The Labute approximate surface area is 69.5 Å². The van der Waals surface area contributed by atoms with E-state index < -0.39 is 17.5 Å². The molecule has 0 aliphatic rings. The van der Waals surface area contributed by atoms with Gasteiger partial charge < -0.3 is 5.11 Å². The molecular weight excluding hydrogens is 164 g/mol. The predicted molar refractivity (Wildman–Crippen MR) is 39.1 cm³/mol. The number of aliphatic carboxylic acids is 1. The van der Waals surface area contributed by atoms with E-state index in [0.717, 1.165) is 0 Å². The van der Waals surface area contributed by atoms with E-state index in [1.54, 1.807) is 13.8 Å². The Morgan fingerprint density at radius 3 is 2.25 bits per heavy atom. The van der Waals surface area contributed by atoms with Crippen molar-refractivity contribution in [3.05, 3.63) is 12.2 Å². The molecule has 0 fully saturated rings. The van der Waals surface area contributed by atoms with E-state index in [4.69, 9.17) is 5.11 Å². The summed E-state index contributed by atoms with van der Waals surface area (Å²) < 4.78 is 0. The minimum Gasteiger partial charge on any atom is -0.477 e. The first-order valence-electron chi connectivity index (χ1n) is 3.25. The van der Waals surface area contributed by atoms with Crippen LogP contribution < -0.4 is 0 Å². The zero-order valence-electron chi connectivity index (χ0n) is 6.86. The van der Waals surface area contributed by atoms with Crippen LogP contribution in [0.15, 0.2) is 12.2 Å². The van der Waals surface area contributed by atoms with Gasteiger partial charge in [0.25, 0.3) is 0 Å². The summed E-state index contributed by atoms with van der Waals surface area (Å²) in [4.78, 5) is 29.3. The van der Waals surface area contributed by atoms with Crippen molar-refractivity contribution < 1.29 is 24.5 Å². The summed E-state index contributed by atoms with van der Waals surface area (Å²) in [6.07, 6.45) is -0.310. The molecule has 0 aromatic rings. The number of carbonyl (C=O) groups is 2. The highest BCUT2D eigenvalue weighted by atomic mass is 17.2. The first-order chi connectivity index (χ1) is 5.45. The van der Waals surface area contributed by atoms with Gasteiger partial charge in [0.1, 0.15) is 5.57 Å². The van der Waals surface area contributed by atoms with Crippen LogP contribution in [0.25, 0.3) is 0 Å². The van der Waals surface area contributed by atoms with Gasteiger partial charge in [-0.05, 0) is 13.8 Å². The van der Waals surface area contributed by atoms with E-state index >= 15 is 0 Å². The number of carboxylic acid groups (broad SMARTS) is 1. The van der Waals surface area contributed by atoms with Crippen molar-refractivity contribution in [3.8, 4) is 0 Å². The van der Waals surface area contributed by atoms with Crippen molar-refractivity contribution in [3.63, 3.8) is 0 Å². The van der Waals surface area contributed by atoms with E-state index in [9.17, 15) is 9.59 Å². The fourth-order valence-electron chi connectivity index (χ4n) is 0.278. The van der Waals surface area contributed by atoms with Crippen LogP contribution in [-0.4, -0.2) is 23.1 Å². The van der Waals surface area contributed by atoms with E-state index in [-0.39, 0.29) is 6.10 Å². The van der Waals surface area contributed by atoms with Crippen molar-refractivity contribution in [2.75, 3.05) is 0 Å². The molecule has 0 amide bonds. The van der Waals surface area contributed by atoms with Crippen LogP contribution in [0.1, 0.15) is 13.8 Å². The second kappa shape index (κ2) is 4.50. The minimum absolute atomic E-state index is 0.310. The summed E-state index contributed by atoms with van der Waals surface area (Å²) >= 11 is 0. The molecule has 1 N–H and O–H groups in total. The molecule has 0 aliphatic heterocycles. The van der Waals surface area contributed by atoms with Gasteiger partial charge in [0.05, 0.1) is 6.10 Å². The third-order valence-corrected chi connectivity index (χ3v) is 0.821. The van der Waals surface area contributed by atoms with Gasteiger partial charge in [-0.2, -0.15) is 4.89 Å². The van der Waals surface area contributed by atoms with E-state index in [2.05, 4.69) is 16.4 Å². The van der Waals surface area contributed by atoms with Gasteiger partial charge in [0.2, 0.25) is 0 Å². The quantitative estimate of drug-likeness (QED) is 0.221. The molecule has 0 bridgehead atoms. The highest BCUT2D eigenvalue weighted by molar-refractivity contribution is 6.12. The average molecular weight is 174 g/mol. The SMILES string of the molecule is C=C(C(=O)O)C(=O)OOC(C)C. The molecule has 5 nitrogen and oxygen atoms in total. The minimum atomic E-state index is -1.42. The molecule has 5 heteroatoms. The molecule has 0 radical (unpaired) electrons. The third kappa shape index (κ3) is 3.72. The highest BCUT2D eigenvalue weighted by Crippen LogP contribution is 1.97. The van der Waals surface area contributed by atoms with Crippen molar-refractivity contribution >= 4 is 11.9 Å². The smallest absolute Gasteiger partial charge is 0.379 e. The van der Waals surface area contributed by atoms with E-state index in [0.29, 0.717) is 0 Å². The van der Waals surface area contributed by atoms with Gasteiger partial charge in [-0.3, -0.25) is 4.89 Å². The summed E-state index contributed by atoms with van der Waals surface area (Å²) in [6, 6.07) is 0. The van der Waals surface area contributed by atoms with E-state index in [1.807, 2.05) is 0 Å². The molecule has 0 saturated heterocycles. The molecule has 0 aromatic heterocycles. The summed E-state index contributed by atoms with van der Waals surface area (Å²) in [5.41, 5.74) is -0.657. The molecule has 0 aromatic carbocycles. The molecule has 0 atom stereocenters. The largest absolute Gasteiger partial charge is 0.477 e. The Morgan fingerprint density at radius 1 is 1.42 bits per heavy atom. The zero-order valence-corrected chi connectivity index (χ0v) is 6.86. The van der Waals surface area contributed by atoms with Crippen LogP contribution in [0, 0.1) is 0 Å². The van der Waals surface area contributed by atoms with Crippen LogP contribution in [-0.2, 0) is 19.4 Å². The fraction of sp³-hybridized carbons (Fsp3) is 0.429. The predicted octanol–water partition coefficient (Wildman–Crippen LogP) is 0.510. The van der Waals surface area contributed by atoms with Crippen LogP contribution in [0.2, 0.25) is 0 Å². The molecule has 0 spiro atoms. The molecule has 12 heavy (non-hydrogen) atoms. The number of hydrogen-bond acceptors (Lipinski definition) is 4. The topological polar surface area (TPSA) is 72.8 Å². The molecule has 0 unspecified atom stereocenters. The average Bonchev–Trinajstić information content (AvgIpc) is 1.98. The molecular formula is C7H10O5. The van der Waals surface area contributed by atoms with Gasteiger partial charge in [0, 0.05) is 0 Å². The molecule has 0 rings (SSSR count). The number of rotatable bonds is 4. The standard InChI is InChI=1S/C7H10O5/c1-4(2)11-12-7(10)5(3)6(8)9/h4H,3H2,1-2H3,(H,8,9). The second-order valence-corrected chi connectivity index (χ2v) is 2.30. The van der Waals surface area contributed by atoms with Crippen LogP contribution in [0.4, 0.5) is 0 Å². The normalized spacial score (nSPS) is 9.58. The number of hydrogen-bond donors (Lipinski definition) is 1. The van der Waals surface area contributed by atoms with E-state index in [1.165, 1.54) is 0 Å². The van der Waals surface area contributed by atoms with Gasteiger partial charge in [-0.15, -0.1) is 0 Å². The second-order valence-electron chi connectivity index (χ2n) is 2.30. The van der Waals surface area contributed by atoms with Gasteiger partial charge in [0.15, 0.2) is 0 Å². The van der Waals surface area contributed by atoms with Crippen LogP contribution >= 0.6 is 0 Å². The van der Waals surface area contributed by atoms with Gasteiger partial charge in [-0.1, -0.05) is 6.58 Å². The fourth-order valence-corrected chi connectivity index (χ4v) is 0.278. The Hall–Kier alpha value is -1.36. The maximum Gasteiger partial charge on any atom is 0.379 e. The lowest BCUT2D eigenvalue weighted by atomic mass is 10.3. The molecule has 0 saturated carbocycles. The Morgan fingerprint density at radius 2 is 1.92 bits per heavy atom. The van der Waals surface area contributed by atoms with Crippen molar-refractivity contribution in [2.24, 2.45) is 0 Å². The van der Waals surface area contributed by atoms with Crippen LogP contribution in [0.5, 0.6) is 0 Å². The van der Waals surface area contributed by atoms with Crippen molar-refractivity contribution in [2.45, 2.75) is 20.0 Å². The van der Waals surface area contributed by atoms with Gasteiger partial charge >= 0.3 is 11.9 Å². The summed E-state index contributed by atoms with van der Waals surface area (Å²) in [5.74, 6) is -2.51. The lowest BCUT2D eigenvalue weighted by Gasteiger charge is -2.04. The molecule has 0 aliphatic carbocycles. The molecule has 0 heterocycles. The number of carboxylic acids is 1. The van der Waals surface area contributed by atoms with Crippen molar-refractivity contribution in [1.29, 1.82) is 0 Å². The highest BCUT2D eigenvalue weighted by Gasteiger charge is 2.17. The Bertz CT molecular complexity index is 206. The zero-order chi connectivity index (χ0) is 9.72. The molecule has 68 valence electrons. The lowest BCUT2D eigenvalue weighted by molar-refractivity contribution is -0.287. The number of carbonyl (C=O) groups excluding carboxylic acids is 1. The maximum absolute atomic E-state index is 10.7. The van der Waals surface area contributed by atoms with Crippen LogP contribution in [0.3, 0.4) is 0 Å². The lowest BCUT2D eigenvalue weighted by Crippen LogP contribution is -2.16. The summed E-state index contributed by atoms with van der Waals surface area (Å²) in [6.45, 7) is 6.25.